The molecule has 23 heavy (non-hydrogen) atoms. The van der Waals surface area contributed by atoms with E-state index >= 15 is 0 Å². The number of esters is 1. The lowest BCUT2D eigenvalue weighted by molar-refractivity contribution is 0.0600. The molecule has 1 heterocycles. The summed E-state index contributed by atoms with van der Waals surface area (Å²) < 4.78 is 4.85. The number of methoxy groups -OCH3 is 1. The predicted octanol–water partition coefficient (Wildman–Crippen LogP) is 3.87. The van der Waals surface area contributed by atoms with Crippen LogP contribution in [0.1, 0.15) is 21.5 Å². The first-order valence-electron chi connectivity index (χ1n) is 7.22. The number of aromatic nitrogens is 1. The van der Waals surface area contributed by atoms with Crippen LogP contribution in [0, 0.1) is 11.8 Å². The summed E-state index contributed by atoms with van der Waals surface area (Å²) >= 11 is 0. The molecule has 0 unspecified atom stereocenters. The maximum absolute atomic E-state index is 12.0. The first-order chi connectivity index (χ1) is 11.3. The second-order valence-electron chi connectivity index (χ2n) is 4.93. The molecule has 0 fully saturated rings. The number of ether oxygens (including phenoxy) is 1. The van der Waals surface area contributed by atoms with Gasteiger partial charge in [-0.25, -0.2) is 4.79 Å². The van der Waals surface area contributed by atoms with Gasteiger partial charge >= 0.3 is 5.97 Å². The van der Waals surface area contributed by atoms with Crippen LogP contribution in [0.15, 0.2) is 66.9 Å². The third-order valence-electron chi connectivity index (χ3n) is 3.45. The fourth-order valence-corrected chi connectivity index (χ4v) is 2.31. The van der Waals surface area contributed by atoms with E-state index in [-0.39, 0.29) is 0 Å². The van der Waals surface area contributed by atoms with Gasteiger partial charge in [-0.05, 0) is 17.7 Å². The fourth-order valence-electron chi connectivity index (χ4n) is 2.31. The first-order valence-corrected chi connectivity index (χ1v) is 7.22. The van der Waals surface area contributed by atoms with Crippen LogP contribution in [0.25, 0.3) is 11.3 Å². The largest absolute Gasteiger partial charge is 0.465 e. The van der Waals surface area contributed by atoms with Crippen LogP contribution in [0.3, 0.4) is 0 Å². The Morgan fingerprint density at radius 3 is 2.26 bits per heavy atom. The van der Waals surface area contributed by atoms with Crippen molar-refractivity contribution in [2.75, 3.05) is 7.11 Å². The van der Waals surface area contributed by atoms with Crippen molar-refractivity contribution in [2.24, 2.45) is 0 Å². The molecule has 0 amide bonds. The SMILES string of the molecule is COC(=O)c1c[nH]c(-c2ccccc2)c1C#Cc1ccccc1. The molecular formula is C20H15NO2. The van der Waals surface area contributed by atoms with Crippen LogP contribution in [0.2, 0.25) is 0 Å². The van der Waals surface area contributed by atoms with E-state index in [1.165, 1.54) is 7.11 Å². The van der Waals surface area contributed by atoms with E-state index in [2.05, 4.69) is 16.8 Å². The Morgan fingerprint density at radius 2 is 1.61 bits per heavy atom. The Kier molecular flexibility index (Phi) is 4.26. The van der Waals surface area contributed by atoms with Crippen molar-refractivity contribution in [1.29, 1.82) is 0 Å². The minimum Gasteiger partial charge on any atom is -0.465 e. The summed E-state index contributed by atoms with van der Waals surface area (Å²) in [4.78, 5) is 15.1. The molecule has 0 atom stereocenters. The lowest BCUT2D eigenvalue weighted by Crippen LogP contribution is -2.01. The van der Waals surface area contributed by atoms with Gasteiger partial charge in [0.15, 0.2) is 0 Å². The highest BCUT2D eigenvalue weighted by atomic mass is 16.5. The molecule has 3 aromatic rings. The number of carbonyl (C=O) groups is 1. The van der Waals surface area contributed by atoms with Crippen molar-refractivity contribution in [3.63, 3.8) is 0 Å². The summed E-state index contributed by atoms with van der Waals surface area (Å²) in [5.74, 6) is 5.81. The van der Waals surface area contributed by atoms with Gasteiger partial charge in [-0.2, -0.15) is 0 Å². The zero-order valence-corrected chi connectivity index (χ0v) is 12.7. The number of nitrogens with one attached hydrogen (secondary N) is 1. The molecule has 1 N–H and O–H groups in total. The molecule has 2 aromatic carbocycles. The van der Waals surface area contributed by atoms with Crippen molar-refractivity contribution in [1.82, 2.24) is 4.98 Å². The molecule has 0 aliphatic carbocycles. The minimum atomic E-state index is -0.402. The number of hydrogen-bond acceptors (Lipinski definition) is 2. The average molecular weight is 301 g/mol. The molecule has 0 radical (unpaired) electrons. The molecule has 0 spiro atoms. The molecule has 0 bridgehead atoms. The lowest BCUT2D eigenvalue weighted by atomic mass is 10.0. The summed E-state index contributed by atoms with van der Waals surface area (Å²) in [5, 5.41) is 0. The van der Waals surface area contributed by atoms with Gasteiger partial charge < -0.3 is 9.72 Å². The van der Waals surface area contributed by atoms with Gasteiger partial charge in [-0.1, -0.05) is 60.4 Å². The Bertz CT molecular complexity index is 868. The Morgan fingerprint density at radius 1 is 0.957 bits per heavy atom. The maximum Gasteiger partial charge on any atom is 0.340 e. The number of rotatable bonds is 2. The van der Waals surface area contributed by atoms with Crippen LogP contribution in [0.4, 0.5) is 0 Å². The lowest BCUT2D eigenvalue weighted by Gasteiger charge is -2.01. The highest BCUT2D eigenvalue weighted by Crippen LogP contribution is 2.25. The minimum absolute atomic E-state index is 0.402. The van der Waals surface area contributed by atoms with Crippen LogP contribution in [-0.4, -0.2) is 18.1 Å². The van der Waals surface area contributed by atoms with E-state index in [9.17, 15) is 4.79 Å². The van der Waals surface area contributed by atoms with Crippen molar-refractivity contribution in [3.05, 3.63) is 83.6 Å². The van der Waals surface area contributed by atoms with Crippen molar-refractivity contribution >= 4 is 5.97 Å². The van der Waals surface area contributed by atoms with Gasteiger partial charge in [0, 0.05) is 11.8 Å². The zero-order chi connectivity index (χ0) is 16.1. The Hall–Kier alpha value is -3.25. The highest BCUT2D eigenvalue weighted by molar-refractivity contribution is 5.95. The summed E-state index contributed by atoms with van der Waals surface area (Å²) in [5.41, 5.74) is 3.76. The number of H-pyrrole nitrogens is 1. The molecule has 3 heteroatoms. The Labute approximate surface area is 134 Å². The van der Waals surface area contributed by atoms with E-state index in [0.29, 0.717) is 11.1 Å². The van der Waals surface area contributed by atoms with Gasteiger partial charge in [0.2, 0.25) is 0 Å². The Balaban J connectivity index is 2.11. The van der Waals surface area contributed by atoms with Gasteiger partial charge in [0.25, 0.3) is 0 Å². The molecule has 0 saturated carbocycles. The van der Waals surface area contributed by atoms with E-state index in [0.717, 1.165) is 16.8 Å². The molecule has 112 valence electrons. The molecule has 3 rings (SSSR count). The van der Waals surface area contributed by atoms with Crippen LogP contribution < -0.4 is 0 Å². The van der Waals surface area contributed by atoms with Crippen molar-refractivity contribution in [2.45, 2.75) is 0 Å². The van der Waals surface area contributed by atoms with Crippen LogP contribution >= 0.6 is 0 Å². The molecule has 0 aliphatic heterocycles. The third-order valence-corrected chi connectivity index (χ3v) is 3.45. The highest BCUT2D eigenvalue weighted by Gasteiger charge is 2.17. The van der Waals surface area contributed by atoms with E-state index in [4.69, 9.17) is 4.74 Å². The molecule has 0 aliphatic rings. The molecule has 0 saturated heterocycles. The standard InChI is InChI=1S/C20H15NO2/c1-23-20(22)18-14-21-19(16-10-6-3-7-11-16)17(18)13-12-15-8-4-2-5-9-15/h2-11,14,21H,1H3. The second-order valence-corrected chi connectivity index (χ2v) is 4.93. The number of hydrogen-bond donors (Lipinski definition) is 1. The first kappa shape index (κ1) is 14.7. The van der Waals surface area contributed by atoms with Crippen LogP contribution in [-0.2, 0) is 4.74 Å². The normalized spacial score (nSPS) is 9.78. The van der Waals surface area contributed by atoms with Crippen molar-refractivity contribution < 1.29 is 9.53 Å². The van der Waals surface area contributed by atoms with Gasteiger partial charge in [-0.3, -0.25) is 0 Å². The average Bonchev–Trinajstić information content (AvgIpc) is 3.05. The van der Waals surface area contributed by atoms with E-state index in [1.807, 2.05) is 60.7 Å². The van der Waals surface area contributed by atoms with E-state index < -0.39 is 5.97 Å². The van der Waals surface area contributed by atoms with Gasteiger partial charge in [0.05, 0.1) is 23.9 Å². The monoisotopic (exact) mass is 301 g/mol. The second kappa shape index (κ2) is 6.67. The molecule has 3 nitrogen and oxygen atoms in total. The molecular weight excluding hydrogens is 286 g/mol. The maximum atomic E-state index is 12.0. The smallest absolute Gasteiger partial charge is 0.340 e. The number of benzene rings is 2. The fraction of sp³-hybridized carbons (Fsp3) is 0.0500. The van der Waals surface area contributed by atoms with Gasteiger partial charge in [-0.15, -0.1) is 0 Å². The predicted molar refractivity (Wildman–Crippen MR) is 90.0 cm³/mol. The topological polar surface area (TPSA) is 42.1 Å². The summed E-state index contributed by atoms with van der Waals surface area (Å²) in [6, 6.07) is 19.5. The summed E-state index contributed by atoms with van der Waals surface area (Å²) in [6.45, 7) is 0. The molecule has 1 aromatic heterocycles. The van der Waals surface area contributed by atoms with E-state index in [1.54, 1.807) is 6.20 Å². The summed E-state index contributed by atoms with van der Waals surface area (Å²) in [7, 11) is 1.37. The number of aromatic amines is 1. The number of carbonyl (C=O) groups excluding carboxylic acids is 1. The quantitative estimate of drug-likeness (QED) is 0.577. The summed E-state index contributed by atoms with van der Waals surface area (Å²) in [6.07, 6.45) is 1.64. The third kappa shape index (κ3) is 3.17. The van der Waals surface area contributed by atoms with Crippen LogP contribution in [0.5, 0.6) is 0 Å². The van der Waals surface area contributed by atoms with Crippen molar-refractivity contribution in [3.8, 4) is 23.1 Å². The zero-order valence-electron chi connectivity index (χ0n) is 12.7. The van der Waals surface area contributed by atoms with Gasteiger partial charge in [0.1, 0.15) is 0 Å².